The van der Waals surface area contributed by atoms with Crippen LogP contribution < -0.4 is 0 Å². The van der Waals surface area contributed by atoms with Gasteiger partial charge in [0, 0.05) is 62.4 Å². The average Bonchev–Trinajstić information content (AvgIpc) is 4.08. The summed E-state index contributed by atoms with van der Waals surface area (Å²) in [6.45, 7) is 0. The molecule has 0 aliphatic carbocycles. The monoisotopic (exact) mass is 836 g/mol. The zero-order valence-electron chi connectivity index (χ0n) is 34.0. The number of aromatic nitrogens is 2. The number of pyridine rings is 1. The Bertz CT molecular complexity index is 3760. The van der Waals surface area contributed by atoms with Crippen LogP contribution in [0, 0.1) is 0 Å². The van der Waals surface area contributed by atoms with Gasteiger partial charge in [0.15, 0.2) is 0 Å². The Morgan fingerprint density at radius 2 is 0.794 bits per heavy atom. The van der Waals surface area contributed by atoms with Gasteiger partial charge in [-0.25, -0.2) is 4.52 Å². The van der Waals surface area contributed by atoms with Gasteiger partial charge < -0.3 is 0 Å². The topological polar surface area (TPSA) is 17.3 Å². The summed E-state index contributed by atoms with van der Waals surface area (Å²) in [6.07, 6.45) is 2.03. The van der Waals surface area contributed by atoms with Crippen molar-refractivity contribution in [3.8, 4) is 66.9 Å². The van der Waals surface area contributed by atoms with Crippen LogP contribution >= 0.6 is 22.7 Å². The van der Waals surface area contributed by atoms with Crippen LogP contribution in [0.2, 0.25) is 0 Å². The summed E-state index contributed by atoms with van der Waals surface area (Å²) in [5, 5.41) is 12.8. The Morgan fingerprint density at radius 3 is 1.40 bits per heavy atom. The van der Waals surface area contributed by atoms with Crippen LogP contribution in [-0.2, 0) is 0 Å². The van der Waals surface area contributed by atoms with Gasteiger partial charge >= 0.3 is 0 Å². The standard InChI is InChI=1S/C59H36N2S2/c1-3-15-38(16-4-1)52-36-60-61-56(40-17-5-2-6-18-40)55(48-21-7-8-22-49(48)57(52)61)39-31-29-37(30-32-39)41-33-42(44-23-13-25-50-46-19-9-11-27-53(46)62-58(44)50)35-43(34-41)45-24-14-26-51-47-20-10-12-28-54(47)63-59(45)51/h1-36H. The quantitative estimate of drug-likeness (QED) is 0.163. The lowest BCUT2D eigenvalue weighted by atomic mass is 9.90. The van der Waals surface area contributed by atoms with Crippen molar-refractivity contribution in [2.45, 2.75) is 0 Å². The summed E-state index contributed by atoms with van der Waals surface area (Å²) < 4.78 is 7.44. The van der Waals surface area contributed by atoms with Crippen molar-refractivity contribution < 1.29 is 0 Å². The van der Waals surface area contributed by atoms with Gasteiger partial charge in [-0.05, 0) is 80.2 Å². The Hall–Kier alpha value is -7.63. The molecule has 2 nitrogen and oxygen atoms in total. The zero-order valence-corrected chi connectivity index (χ0v) is 35.6. The van der Waals surface area contributed by atoms with Gasteiger partial charge in [0.25, 0.3) is 0 Å². The van der Waals surface area contributed by atoms with E-state index in [1.807, 2.05) is 28.9 Å². The van der Waals surface area contributed by atoms with E-state index >= 15 is 0 Å². The zero-order chi connectivity index (χ0) is 41.4. The minimum absolute atomic E-state index is 1.08. The molecule has 0 N–H and O–H groups in total. The number of benzene rings is 9. The molecule has 0 amide bonds. The van der Waals surface area contributed by atoms with E-state index in [-0.39, 0.29) is 0 Å². The Balaban J connectivity index is 1.02. The molecule has 294 valence electrons. The average molecular weight is 837 g/mol. The van der Waals surface area contributed by atoms with Gasteiger partial charge in [0.05, 0.1) is 17.4 Å². The maximum Gasteiger partial charge on any atom is 0.0826 e. The molecule has 4 aromatic heterocycles. The van der Waals surface area contributed by atoms with Crippen LogP contribution in [-0.4, -0.2) is 9.61 Å². The van der Waals surface area contributed by atoms with Crippen LogP contribution in [0.15, 0.2) is 219 Å². The number of rotatable bonds is 6. The van der Waals surface area contributed by atoms with E-state index in [1.165, 1.54) is 90.1 Å². The van der Waals surface area contributed by atoms with E-state index in [4.69, 9.17) is 5.10 Å². The van der Waals surface area contributed by atoms with Gasteiger partial charge in [-0.1, -0.05) is 182 Å². The smallest absolute Gasteiger partial charge is 0.0826 e. The Kier molecular flexibility index (Phi) is 8.30. The van der Waals surface area contributed by atoms with Crippen LogP contribution in [0.1, 0.15) is 0 Å². The van der Waals surface area contributed by atoms with Crippen molar-refractivity contribution in [2.75, 3.05) is 0 Å². The van der Waals surface area contributed by atoms with Crippen LogP contribution in [0.5, 0.6) is 0 Å². The molecule has 0 spiro atoms. The molecule has 0 saturated heterocycles. The summed E-state index contributed by atoms with van der Waals surface area (Å²) in [5.41, 5.74) is 15.2. The molecule has 0 atom stereocenters. The van der Waals surface area contributed by atoms with Gasteiger partial charge in [-0.3, -0.25) is 0 Å². The summed E-state index contributed by atoms with van der Waals surface area (Å²) >= 11 is 3.78. The Morgan fingerprint density at radius 1 is 0.317 bits per heavy atom. The van der Waals surface area contributed by atoms with Gasteiger partial charge in [0.1, 0.15) is 0 Å². The molecule has 4 heterocycles. The van der Waals surface area contributed by atoms with Gasteiger partial charge in [-0.15, -0.1) is 22.7 Å². The summed E-state index contributed by atoms with van der Waals surface area (Å²) in [5.74, 6) is 0. The fourth-order valence-corrected chi connectivity index (χ4v) is 12.3. The maximum atomic E-state index is 5.14. The van der Waals surface area contributed by atoms with Crippen LogP contribution in [0.3, 0.4) is 0 Å². The normalized spacial score (nSPS) is 11.8. The highest BCUT2D eigenvalue weighted by Crippen LogP contribution is 2.46. The predicted octanol–water partition coefficient (Wildman–Crippen LogP) is 17.2. The summed E-state index contributed by atoms with van der Waals surface area (Å²) in [4.78, 5) is 0. The highest BCUT2D eigenvalue weighted by molar-refractivity contribution is 7.26. The fourth-order valence-electron chi connectivity index (χ4n) is 9.79. The lowest BCUT2D eigenvalue weighted by molar-refractivity contribution is 0.976. The molecule has 0 aliphatic heterocycles. The van der Waals surface area contributed by atoms with Crippen molar-refractivity contribution in [3.63, 3.8) is 0 Å². The highest BCUT2D eigenvalue weighted by Gasteiger charge is 2.22. The first-order valence-corrected chi connectivity index (χ1v) is 23.0. The minimum atomic E-state index is 1.08. The first kappa shape index (κ1) is 36.1. The molecule has 13 rings (SSSR count). The number of thiophene rings is 2. The van der Waals surface area contributed by atoms with E-state index in [1.54, 1.807) is 0 Å². The third-order valence-corrected chi connectivity index (χ3v) is 15.1. The van der Waals surface area contributed by atoms with Crippen molar-refractivity contribution in [1.82, 2.24) is 9.61 Å². The molecule has 0 radical (unpaired) electrons. The third-order valence-electron chi connectivity index (χ3n) is 12.7. The molecule has 9 aromatic carbocycles. The van der Waals surface area contributed by atoms with Crippen molar-refractivity contribution in [2.24, 2.45) is 0 Å². The lowest BCUT2D eigenvalue weighted by Crippen LogP contribution is -2.00. The molecular formula is C59H36N2S2. The molecule has 13 aromatic rings. The second-order valence-electron chi connectivity index (χ2n) is 16.3. The lowest BCUT2D eigenvalue weighted by Gasteiger charge is -2.18. The van der Waals surface area contributed by atoms with E-state index in [0.717, 1.165) is 33.5 Å². The molecule has 0 fully saturated rings. The molecule has 4 heteroatoms. The first-order valence-electron chi connectivity index (χ1n) is 21.4. The molecule has 0 bridgehead atoms. The third kappa shape index (κ3) is 5.80. The summed E-state index contributed by atoms with van der Waals surface area (Å²) in [7, 11) is 0. The second-order valence-corrected chi connectivity index (χ2v) is 18.4. The van der Waals surface area contributed by atoms with Crippen molar-refractivity contribution >= 4 is 79.3 Å². The number of hydrogen-bond donors (Lipinski definition) is 0. The largest absolute Gasteiger partial charge is 0.231 e. The van der Waals surface area contributed by atoms with Crippen molar-refractivity contribution in [3.05, 3.63) is 219 Å². The maximum absolute atomic E-state index is 5.14. The second kappa shape index (κ2) is 14.5. The Labute approximate surface area is 372 Å². The minimum Gasteiger partial charge on any atom is -0.231 e. The highest BCUT2D eigenvalue weighted by atomic mass is 32.1. The predicted molar refractivity (Wildman–Crippen MR) is 271 cm³/mol. The first-order chi connectivity index (χ1) is 31.2. The molecule has 0 saturated carbocycles. The molecule has 0 aliphatic rings. The SMILES string of the molecule is c1ccc(-c2cnn3c(-c4ccccc4)c(-c4ccc(-c5cc(-c6cccc7c6sc6ccccc67)cc(-c6cccc7c6sc6ccccc67)c5)cc4)c4ccccc4c23)cc1. The number of hydrogen-bond acceptors (Lipinski definition) is 3. The van der Waals surface area contributed by atoms with E-state index < -0.39 is 0 Å². The summed E-state index contributed by atoms with van der Waals surface area (Å²) in [6, 6.07) is 77.8. The van der Waals surface area contributed by atoms with E-state index in [9.17, 15) is 0 Å². The molecule has 63 heavy (non-hydrogen) atoms. The fraction of sp³-hybridized carbons (Fsp3) is 0. The van der Waals surface area contributed by atoms with E-state index in [0.29, 0.717) is 0 Å². The van der Waals surface area contributed by atoms with Gasteiger partial charge in [0.2, 0.25) is 0 Å². The van der Waals surface area contributed by atoms with Crippen molar-refractivity contribution in [1.29, 1.82) is 0 Å². The van der Waals surface area contributed by atoms with Gasteiger partial charge in [-0.2, -0.15) is 5.10 Å². The van der Waals surface area contributed by atoms with E-state index in [2.05, 4.69) is 217 Å². The number of nitrogens with zero attached hydrogens (tertiary/aromatic N) is 2. The molecular weight excluding hydrogens is 801 g/mol. The molecule has 0 unspecified atom stereocenters. The number of fused-ring (bicyclic) bond motifs is 9. The van der Waals surface area contributed by atoms with Crippen LogP contribution in [0.25, 0.3) is 124 Å². The van der Waals surface area contributed by atoms with Crippen LogP contribution in [0.4, 0.5) is 0 Å².